The van der Waals surface area contributed by atoms with Crippen molar-refractivity contribution in [3.05, 3.63) is 76.4 Å². The van der Waals surface area contributed by atoms with Crippen molar-refractivity contribution in [1.82, 2.24) is 15.1 Å². The Hall–Kier alpha value is -2.80. The zero-order valence-corrected chi connectivity index (χ0v) is 15.3. The quantitative estimate of drug-likeness (QED) is 0.702. The van der Waals surface area contributed by atoms with Gasteiger partial charge in [0.15, 0.2) is 17.4 Å². The van der Waals surface area contributed by atoms with Crippen LogP contribution in [0.15, 0.2) is 36.4 Å². The number of nitrogens with zero attached hydrogens (tertiary/aromatic N) is 2. The minimum absolute atomic E-state index is 0.195. The van der Waals surface area contributed by atoms with Crippen LogP contribution in [0.4, 0.5) is 13.2 Å². The van der Waals surface area contributed by atoms with E-state index in [1.807, 2.05) is 13.8 Å². The van der Waals surface area contributed by atoms with Gasteiger partial charge in [0.05, 0.1) is 12.8 Å². The maximum absolute atomic E-state index is 14.1. The molecule has 1 heterocycles. The number of hydrogen-bond donors (Lipinski definition) is 1. The van der Waals surface area contributed by atoms with Crippen LogP contribution >= 0.6 is 0 Å². The van der Waals surface area contributed by atoms with Gasteiger partial charge in [0.2, 0.25) is 0 Å². The van der Waals surface area contributed by atoms with Gasteiger partial charge >= 0.3 is 0 Å². The summed E-state index contributed by atoms with van der Waals surface area (Å²) in [5.41, 5.74) is 3.38. The highest BCUT2D eigenvalue weighted by molar-refractivity contribution is 5.38. The van der Waals surface area contributed by atoms with E-state index in [0.717, 1.165) is 28.6 Å². The van der Waals surface area contributed by atoms with E-state index in [-0.39, 0.29) is 11.4 Å². The van der Waals surface area contributed by atoms with E-state index < -0.39 is 17.5 Å². The molecule has 1 aromatic heterocycles. The summed E-state index contributed by atoms with van der Waals surface area (Å²) in [7, 11) is 1.42. The summed E-state index contributed by atoms with van der Waals surface area (Å²) < 4.78 is 47.3. The molecule has 0 aliphatic rings. The Bertz CT molecular complexity index is 969. The molecule has 142 valence electrons. The van der Waals surface area contributed by atoms with E-state index in [1.54, 1.807) is 12.1 Å². The Morgan fingerprint density at radius 1 is 1.00 bits per heavy atom. The topological polar surface area (TPSA) is 39.1 Å². The molecule has 0 aliphatic heterocycles. The molecular formula is C20H20F3N3O. The zero-order valence-electron chi connectivity index (χ0n) is 15.3. The highest BCUT2D eigenvalue weighted by Crippen LogP contribution is 2.21. The Kier molecular flexibility index (Phi) is 5.51. The summed E-state index contributed by atoms with van der Waals surface area (Å²) in [6.07, 6.45) is 0. The van der Waals surface area contributed by atoms with Crippen LogP contribution in [0, 0.1) is 31.3 Å². The molecule has 0 fully saturated rings. The van der Waals surface area contributed by atoms with Crippen LogP contribution in [-0.4, -0.2) is 16.9 Å². The Morgan fingerprint density at radius 3 is 2.44 bits per heavy atom. The average Bonchev–Trinajstić information content (AvgIpc) is 2.90. The lowest BCUT2D eigenvalue weighted by Gasteiger charge is -2.09. The van der Waals surface area contributed by atoms with Crippen molar-refractivity contribution in [2.24, 2.45) is 0 Å². The van der Waals surface area contributed by atoms with Crippen molar-refractivity contribution in [3.63, 3.8) is 0 Å². The minimum atomic E-state index is -0.672. The second-order valence-electron chi connectivity index (χ2n) is 6.23. The van der Waals surface area contributed by atoms with E-state index in [9.17, 15) is 13.2 Å². The molecule has 0 spiro atoms. The van der Waals surface area contributed by atoms with Gasteiger partial charge in [-0.15, -0.1) is 0 Å². The first kappa shape index (κ1) is 19.0. The van der Waals surface area contributed by atoms with Crippen molar-refractivity contribution in [2.75, 3.05) is 7.11 Å². The predicted octanol–water partition coefficient (Wildman–Crippen LogP) is 4.20. The lowest BCUT2D eigenvalue weighted by molar-refractivity contribution is 0.386. The number of rotatable bonds is 6. The molecule has 27 heavy (non-hydrogen) atoms. The van der Waals surface area contributed by atoms with Crippen LogP contribution in [0.25, 0.3) is 5.69 Å². The van der Waals surface area contributed by atoms with Crippen molar-refractivity contribution >= 4 is 0 Å². The van der Waals surface area contributed by atoms with Crippen LogP contribution in [0.2, 0.25) is 0 Å². The van der Waals surface area contributed by atoms with Crippen molar-refractivity contribution < 1.29 is 17.9 Å². The van der Waals surface area contributed by atoms with Crippen LogP contribution in [-0.2, 0) is 13.1 Å². The molecule has 1 N–H and O–H groups in total. The van der Waals surface area contributed by atoms with Gasteiger partial charge in [-0.25, -0.2) is 17.9 Å². The number of methoxy groups -OCH3 is 1. The van der Waals surface area contributed by atoms with Crippen molar-refractivity contribution in [3.8, 4) is 11.4 Å². The van der Waals surface area contributed by atoms with E-state index in [4.69, 9.17) is 4.74 Å². The first-order valence-corrected chi connectivity index (χ1v) is 8.44. The van der Waals surface area contributed by atoms with Gasteiger partial charge < -0.3 is 10.1 Å². The standard InChI is InChI=1S/C20H20F3N3O/c1-12-16(11-24-10-14-4-7-20(27-3)18(23)8-14)13(2)26(25-12)19-6-5-15(21)9-17(19)22/h4-9,24H,10-11H2,1-3H3. The molecule has 0 radical (unpaired) electrons. The first-order chi connectivity index (χ1) is 12.9. The molecule has 0 amide bonds. The molecule has 3 rings (SSSR count). The fourth-order valence-corrected chi connectivity index (χ4v) is 2.97. The van der Waals surface area contributed by atoms with Gasteiger partial charge in [-0.2, -0.15) is 5.10 Å². The number of hydrogen-bond acceptors (Lipinski definition) is 3. The molecule has 0 saturated heterocycles. The van der Waals surface area contributed by atoms with Crippen molar-refractivity contribution in [2.45, 2.75) is 26.9 Å². The molecule has 0 saturated carbocycles. The third-order valence-corrected chi connectivity index (χ3v) is 4.43. The lowest BCUT2D eigenvalue weighted by Crippen LogP contribution is -2.14. The molecule has 0 atom stereocenters. The molecular weight excluding hydrogens is 355 g/mol. The number of halogens is 3. The van der Waals surface area contributed by atoms with E-state index in [2.05, 4.69) is 10.4 Å². The molecule has 0 unspecified atom stereocenters. The Labute approximate surface area is 155 Å². The molecule has 0 bridgehead atoms. The van der Waals surface area contributed by atoms with Gasteiger partial charge in [0.25, 0.3) is 0 Å². The second-order valence-corrected chi connectivity index (χ2v) is 6.23. The van der Waals surface area contributed by atoms with Crippen LogP contribution in [0.5, 0.6) is 5.75 Å². The normalized spacial score (nSPS) is 11.0. The van der Waals surface area contributed by atoms with Gasteiger partial charge in [0, 0.05) is 30.4 Å². The monoisotopic (exact) mass is 375 g/mol. The van der Waals surface area contributed by atoms with E-state index >= 15 is 0 Å². The lowest BCUT2D eigenvalue weighted by atomic mass is 10.1. The maximum atomic E-state index is 14.1. The zero-order chi connectivity index (χ0) is 19.6. The first-order valence-electron chi connectivity index (χ1n) is 8.44. The van der Waals surface area contributed by atoms with E-state index in [1.165, 1.54) is 30.0 Å². The molecule has 2 aromatic carbocycles. The fourth-order valence-electron chi connectivity index (χ4n) is 2.97. The molecule has 0 aliphatic carbocycles. The highest BCUT2D eigenvalue weighted by Gasteiger charge is 2.15. The summed E-state index contributed by atoms with van der Waals surface area (Å²) in [5, 5.41) is 7.61. The Balaban J connectivity index is 1.74. The average molecular weight is 375 g/mol. The van der Waals surface area contributed by atoms with Gasteiger partial charge in [0.1, 0.15) is 11.5 Å². The number of nitrogens with one attached hydrogen (secondary N) is 1. The highest BCUT2D eigenvalue weighted by atomic mass is 19.1. The van der Waals surface area contributed by atoms with Crippen LogP contribution in [0.3, 0.4) is 0 Å². The van der Waals surface area contributed by atoms with E-state index in [0.29, 0.717) is 13.1 Å². The van der Waals surface area contributed by atoms with Crippen LogP contribution < -0.4 is 10.1 Å². The number of benzene rings is 2. The third kappa shape index (κ3) is 3.98. The molecule has 3 aromatic rings. The second kappa shape index (κ2) is 7.84. The van der Waals surface area contributed by atoms with Gasteiger partial charge in [-0.05, 0) is 43.7 Å². The summed E-state index contributed by atoms with van der Waals surface area (Å²) in [6, 6.07) is 8.18. The molecule has 4 nitrogen and oxygen atoms in total. The Morgan fingerprint density at radius 2 is 1.78 bits per heavy atom. The maximum Gasteiger partial charge on any atom is 0.165 e. The fraction of sp³-hybridized carbons (Fsp3) is 0.250. The van der Waals surface area contributed by atoms with Gasteiger partial charge in [-0.1, -0.05) is 6.07 Å². The van der Waals surface area contributed by atoms with Crippen molar-refractivity contribution in [1.29, 1.82) is 0 Å². The smallest absolute Gasteiger partial charge is 0.165 e. The van der Waals surface area contributed by atoms with Gasteiger partial charge in [-0.3, -0.25) is 0 Å². The summed E-state index contributed by atoms with van der Waals surface area (Å²) in [5.74, 6) is -1.52. The van der Waals surface area contributed by atoms with Crippen LogP contribution in [0.1, 0.15) is 22.5 Å². The number of ether oxygens (including phenoxy) is 1. The summed E-state index contributed by atoms with van der Waals surface area (Å²) in [4.78, 5) is 0. The predicted molar refractivity (Wildman–Crippen MR) is 96.4 cm³/mol. The third-order valence-electron chi connectivity index (χ3n) is 4.43. The largest absolute Gasteiger partial charge is 0.494 e. The SMILES string of the molecule is COc1ccc(CNCc2c(C)nn(-c3ccc(F)cc3F)c2C)cc1F. The molecule has 7 heteroatoms. The summed E-state index contributed by atoms with van der Waals surface area (Å²) in [6.45, 7) is 4.59. The number of aromatic nitrogens is 2. The number of aryl methyl sites for hydroxylation is 1. The summed E-state index contributed by atoms with van der Waals surface area (Å²) >= 11 is 0. The minimum Gasteiger partial charge on any atom is -0.494 e.